The predicted octanol–water partition coefficient (Wildman–Crippen LogP) is 4.87. The number of amides is 2. The Bertz CT molecular complexity index is 916. The van der Waals surface area contributed by atoms with E-state index in [9.17, 15) is 14.0 Å². The molecule has 1 aliphatic rings. The van der Waals surface area contributed by atoms with Gasteiger partial charge in [0.2, 0.25) is 0 Å². The molecule has 0 unspecified atom stereocenters. The van der Waals surface area contributed by atoms with Crippen molar-refractivity contribution in [3.8, 4) is 0 Å². The van der Waals surface area contributed by atoms with E-state index < -0.39 is 5.82 Å². The second-order valence-electron chi connectivity index (χ2n) is 6.59. The summed E-state index contributed by atoms with van der Waals surface area (Å²) >= 11 is 1.38. The van der Waals surface area contributed by atoms with Gasteiger partial charge in [-0.15, -0.1) is 11.8 Å². The Morgan fingerprint density at radius 1 is 0.923 bits per heavy atom. The number of hydrogen-bond donors (Lipinski definition) is 0. The minimum absolute atomic E-state index is 0.150. The first-order valence-electron chi connectivity index (χ1n) is 8.42. The molecule has 0 aromatic heterocycles. The highest BCUT2D eigenvalue weighted by Crippen LogP contribution is 2.40. The molecule has 0 spiro atoms. The zero-order chi connectivity index (χ0) is 19.0. The monoisotopic (exact) mass is 369 g/mol. The van der Waals surface area contributed by atoms with Crippen molar-refractivity contribution < 1.29 is 14.0 Å². The number of nitrogens with zero attached hydrogens (tertiary/aromatic N) is 1. The second kappa shape index (κ2) is 7.08. The van der Waals surface area contributed by atoms with Crippen LogP contribution in [0.1, 0.15) is 30.5 Å². The molecule has 0 saturated carbocycles. The molecule has 134 valence electrons. The van der Waals surface area contributed by atoms with Crippen LogP contribution in [-0.4, -0.2) is 17.1 Å². The lowest BCUT2D eigenvalue weighted by molar-refractivity contribution is -0.119. The fraction of sp³-hybridized carbons (Fsp3) is 0.238. The van der Waals surface area contributed by atoms with Crippen LogP contribution in [0.2, 0.25) is 0 Å². The van der Waals surface area contributed by atoms with E-state index in [1.54, 1.807) is 0 Å². The third-order valence-electron chi connectivity index (χ3n) is 4.28. The Morgan fingerprint density at radius 3 is 2.15 bits per heavy atom. The van der Waals surface area contributed by atoms with Crippen LogP contribution in [0.25, 0.3) is 5.57 Å². The van der Waals surface area contributed by atoms with Crippen molar-refractivity contribution in [1.82, 2.24) is 0 Å². The van der Waals surface area contributed by atoms with Crippen LogP contribution >= 0.6 is 11.8 Å². The molecule has 0 fully saturated rings. The lowest BCUT2D eigenvalue weighted by Gasteiger charge is -2.15. The quantitative estimate of drug-likeness (QED) is 0.722. The molecule has 3 nitrogen and oxygen atoms in total. The van der Waals surface area contributed by atoms with Gasteiger partial charge in [0.25, 0.3) is 11.8 Å². The number of carbonyl (C=O) groups is 2. The summed E-state index contributed by atoms with van der Waals surface area (Å²) in [6.45, 7) is 7.94. The number of carbonyl (C=O) groups excluding carboxylic acids is 2. The average molecular weight is 369 g/mol. The molecule has 0 N–H and O–H groups in total. The van der Waals surface area contributed by atoms with Gasteiger partial charge >= 0.3 is 0 Å². The Kier molecular flexibility index (Phi) is 5.01. The summed E-state index contributed by atoms with van der Waals surface area (Å²) in [5.74, 6) is -1.13. The van der Waals surface area contributed by atoms with E-state index in [1.165, 1.54) is 36.0 Å². The number of imide groups is 1. The van der Waals surface area contributed by atoms with Crippen LogP contribution in [0.3, 0.4) is 0 Å². The van der Waals surface area contributed by atoms with Gasteiger partial charge in [-0.05, 0) is 54.8 Å². The normalized spacial score (nSPS) is 14.8. The predicted molar refractivity (Wildman–Crippen MR) is 104 cm³/mol. The molecular weight excluding hydrogens is 349 g/mol. The van der Waals surface area contributed by atoms with Gasteiger partial charge in [0.15, 0.2) is 0 Å². The molecule has 26 heavy (non-hydrogen) atoms. The minimum atomic E-state index is -0.410. The van der Waals surface area contributed by atoms with Gasteiger partial charge in [0.1, 0.15) is 5.82 Å². The van der Waals surface area contributed by atoms with E-state index in [0.717, 1.165) is 21.6 Å². The number of thioether (sulfide) groups is 1. The van der Waals surface area contributed by atoms with E-state index in [0.29, 0.717) is 16.2 Å². The van der Waals surface area contributed by atoms with Crippen LogP contribution < -0.4 is 4.90 Å². The van der Waals surface area contributed by atoms with Crippen molar-refractivity contribution >= 4 is 34.8 Å². The largest absolute Gasteiger partial charge is 0.272 e. The zero-order valence-electron chi connectivity index (χ0n) is 15.2. The number of rotatable bonds is 4. The highest BCUT2D eigenvalue weighted by atomic mass is 32.2. The van der Waals surface area contributed by atoms with E-state index in [1.807, 2.05) is 45.9 Å². The maximum atomic E-state index is 13.2. The standard InChI is InChI=1S/C21H20FNO2S/c1-12(2)26-19-18(15-6-5-13(3)14(4)11-15)20(24)23(21(19)25)17-9-7-16(22)8-10-17/h5-12H,1-4H3. The van der Waals surface area contributed by atoms with Crippen molar-refractivity contribution in [2.75, 3.05) is 4.90 Å². The summed E-state index contributed by atoms with van der Waals surface area (Å²) in [5.41, 5.74) is 3.71. The zero-order valence-corrected chi connectivity index (χ0v) is 16.0. The molecular formula is C21H20FNO2S. The fourth-order valence-electron chi connectivity index (χ4n) is 2.83. The summed E-state index contributed by atoms with van der Waals surface area (Å²) in [5, 5.41) is 0.150. The smallest absolute Gasteiger partial charge is 0.268 e. The van der Waals surface area contributed by atoms with Crippen molar-refractivity contribution in [2.45, 2.75) is 32.9 Å². The molecule has 3 rings (SSSR count). The van der Waals surface area contributed by atoms with Crippen LogP contribution in [0.4, 0.5) is 10.1 Å². The van der Waals surface area contributed by atoms with Gasteiger partial charge in [-0.25, -0.2) is 9.29 Å². The number of hydrogen-bond acceptors (Lipinski definition) is 3. The highest BCUT2D eigenvalue weighted by molar-refractivity contribution is 8.04. The number of aryl methyl sites for hydroxylation is 2. The van der Waals surface area contributed by atoms with E-state index in [4.69, 9.17) is 0 Å². The molecule has 2 aromatic rings. The average Bonchev–Trinajstić information content (AvgIpc) is 2.81. The summed E-state index contributed by atoms with van der Waals surface area (Å²) < 4.78 is 13.2. The van der Waals surface area contributed by atoms with Crippen LogP contribution in [0.5, 0.6) is 0 Å². The first kappa shape index (κ1) is 18.4. The molecule has 1 heterocycles. The van der Waals surface area contributed by atoms with Gasteiger partial charge < -0.3 is 0 Å². The Balaban J connectivity index is 2.12. The summed E-state index contributed by atoms with van der Waals surface area (Å²) in [4.78, 5) is 27.7. The topological polar surface area (TPSA) is 37.4 Å². The third-order valence-corrected chi connectivity index (χ3v) is 5.36. The highest BCUT2D eigenvalue weighted by Gasteiger charge is 2.40. The van der Waals surface area contributed by atoms with E-state index in [2.05, 4.69) is 0 Å². The summed E-state index contributed by atoms with van der Waals surface area (Å²) in [7, 11) is 0. The van der Waals surface area contributed by atoms with Crippen LogP contribution in [0.15, 0.2) is 47.4 Å². The second-order valence-corrected chi connectivity index (χ2v) is 8.18. The van der Waals surface area contributed by atoms with Crippen LogP contribution in [0, 0.1) is 19.7 Å². The molecule has 0 bridgehead atoms. The minimum Gasteiger partial charge on any atom is -0.268 e. The maximum Gasteiger partial charge on any atom is 0.272 e. The maximum absolute atomic E-state index is 13.2. The number of benzene rings is 2. The van der Waals surface area contributed by atoms with Crippen molar-refractivity contribution in [3.05, 3.63) is 69.9 Å². The molecule has 0 radical (unpaired) electrons. The first-order valence-corrected chi connectivity index (χ1v) is 9.30. The van der Waals surface area contributed by atoms with Crippen molar-refractivity contribution in [1.29, 1.82) is 0 Å². The molecule has 0 saturated heterocycles. The molecule has 0 atom stereocenters. The molecule has 5 heteroatoms. The SMILES string of the molecule is Cc1ccc(C2=C(SC(C)C)C(=O)N(c3ccc(F)cc3)C2=O)cc1C. The fourth-order valence-corrected chi connectivity index (χ4v) is 3.82. The van der Waals surface area contributed by atoms with E-state index >= 15 is 0 Å². The molecule has 1 aliphatic heterocycles. The van der Waals surface area contributed by atoms with Gasteiger partial charge in [-0.3, -0.25) is 9.59 Å². The molecule has 0 aliphatic carbocycles. The van der Waals surface area contributed by atoms with Gasteiger partial charge in [0.05, 0.1) is 16.2 Å². The number of halogens is 1. The molecule has 2 amide bonds. The Morgan fingerprint density at radius 2 is 1.58 bits per heavy atom. The lowest BCUT2D eigenvalue weighted by Crippen LogP contribution is -2.31. The first-order chi connectivity index (χ1) is 12.3. The van der Waals surface area contributed by atoms with Crippen molar-refractivity contribution in [3.63, 3.8) is 0 Å². The van der Waals surface area contributed by atoms with Gasteiger partial charge in [-0.2, -0.15) is 0 Å². The van der Waals surface area contributed by atoms with Gasteiger partial charge in [0, 0.05) is 5.25 Å². The number of anilines is 1. The third kappa shape index (κ3) is 3.31. The van der Waals surface area contributed by atoms with E-state index in [-0.39, 0.29) is 17.1 Å². The molecule has 2 aromatic carbocycles. The Hall–Kier alpha value is -2.40. The van der Waals surface area contributed by atoms with Crippen molar-refractivity contribution in [2.24, 2.45) is 0 Å². The van der Waals surface area contributed by atoms with Crippen LogP contribution in [-0.2, 0) is 9.59 Å². The lowest BCUT2D eigenvalue weighted by atomic mass is 10.0. The Labute approximate surface area is 156 Å². The summed E-state index contributed by atoms with van der Waals surface area (Å²) in [6, 6.07) is 11.2. The van der Waals surface area contributed by atoms with Gasteiger partial charge in [-0.1, -0.05) is 32.0 Å². The summed E-state index contributed by atoms with van der Waals surface area (Å²) in [6.07, 6.45) is 0.